The lowest BCUT2D eigenvalue weighted by Crippen LogP contribution is -2.68. The van der Waals surface area contributed by atoms with Crippen LogP contribution in [0.15, 0.2) is 0 Å². The molecule has 12 heavy (non-hydrogen) atoms. The van der Waals surface area contributed by atoms with Gasteiger partial charge in [0.2, 0.25) is 0 Å². The number of hydrogen-bond acceptors (Lipinski definition) is 4. The van der Waals surface area contributed by atoms with Gasteiger partial charge in [-0.25, -0.2) is 0 Å². The second-order valence-corrected chi connectivity index (χ2v) is 3.88. The summed E-state index contributed by atoms with van der Waals surface area (Å²) in [7, 11) is 0. The zero-order valence-corrected chi connectivity index (χ0v) is 6.59. The maximum absolute atomic E-state index is 9.52. The fraction of sp³-hybridized carbons (Fsp3) is 1.00. The monoisotopic (exact) mass is 172 g/mol. The molecule has 0 aromatic carbocycles. The third kappa shape index (κ3) is 0.758. The van der Waals surface area contributed by atoms with E-state index in [-0.39, 0.29) is 24.4 Å². The van der Waals surface area contributed by atoms with E-state index in [0.717, 1.165) is 0 Å². The van der Waals surface area contributed by atoms with Crippen molar-refractivity contribution in [3.63, 3.8) is 0 Å². The Labute approximate surface area is 70.1 Å². The summed E-state index contributed by atoms with van der Waals surface area (Å²) in [5, 5.41) is 19.0. The van der Waals surface area contributed by atoms with Gasteiger partial charge in [-0.05, 0) is 0 Å². The predicted octanol–water partition coefficient (Wildman–Crippen LogP) is -0.963. The molecule has 5 saturated heterocycles. The molecule has 0 spiro atoms. The number of hydrogen-bond donors (Lipinski definition) is 2. The highest BCUT2D eigenvalue weighted by molar-refractivity contribution is 5.03. The van der Waals surface area contributed by atoms with Gasteiger partial charge in [0.15, 0.2) is 0 Å². The molecule has 6 atom stereocenters. The molecule has 5 fully saturated rings. The van der Waals surface area contributed by atoms with Gasteiger partial charge in [0, 0.05) is 12.8 Å². The van der Waals surface area contributed by atoms with Gasteiger partial charge >= 0.3 is 0 Å². The van der Waals surface area contributed by atoms with Crippen LogP contribution >= 0.6 is 0 Å². The summed E-state index contributed by atoms with van der Waals surface area (Å²) >= 11 is 0. The maximum Gasteiger partial charge on any atom is 0.110 e. The fourth-order valence-electron chi connectivity index (χ4n) is 2.54. The molecular formula is C8H12O4. The van der Waals surface area contributed by atoms with Gasteiger partial charge in [0.05, 0.1) is 24.4 Å². The topological polar surface area (TPSA) is 58.9 Å². The van der Waals surface area contributed by atoms with E-state index in [9.17, 15) is 10.2 Å². The summed E-state index contributed by atoms with van der Waals surface area (Å²) in [4.78, 5) is 0. The molecular weight excluding hydrogens is 160 g/mol. The standard InChI is InChI=1S/C8H12O4/c9-3-1-5-8-4(10)2-6(11-5)7(3)12-8/h3-10H,1-2H2/t3-,4-,5?,6?,7?,8?/m1/s1. The largest absolute Gasteiger partial charge is 0.390 e. The van der Waals surface area contributed by atoms with Crippen molar-refractivity contribution in [2.75, 3.05) is 0 Å². The molecule has 0 aromatic rings. The van der Waals surface area contributed by atoms with Gasteiger partial charge in [0.1, 0.15) is 12.2 Å². The number of rotatable bonds is 0. The number of aliphatic hydroxyl groups is 2. The highest BCUT2D eigenvalue weighted by Gasteiger charge is 2.55. The predicted molar refractivity (Wildman–Crippen MR) is 38.6 cm³/mol. The van der Waals surface area contributed by atoms with Crippen LogP contribution in [0.5, 0.6) is 0 Å². The molecule has 4 nitrogen and oxygen atoms in total. The van der Waals surface area contributed by atoms with E-state index in [0.29, 0.717) is 12.8 Å². The Morgan fingerprint density at radius 1 is 0.833 bits per heavy atom. The second kappa shape index (κ2) is 2.20. The molecule has 0 aliphatic carbocycles. The molecule has 5 rings (SSSR count). The number of aliphatic hydroxyl groups excluding tert-OH is 2. The summed E-state index contributed by atoms with van der Waals surface area (Å²) in [6.07, 6.45) is -0.106. The van der Waals surface area contributed by atoms with Crippen molar-refractivity contribution in [3.8, 4) is 0 Å². The minimum absolute atomic E-state index is 0.0845. The summed E-state index contributed by atoms with van der Waals surface area (Å²) in [6, 6.07) is 0. The SMILES string of the molecule is O[C@@H]1CC2OC3C[C@@H](O)C2OC31. The van der Waals surface area contributed by atoms with Crippen LogP contribution in [0.3, 0.4) is 0 Å². The van der Waals surface area contributed by atoms with E-state index in [2.05, 4.69) is 0 Å². The molecule has 5 aliphatic rings. The molecule has 4 heteroatoms. The van der Waals surface area contributed by atoms with Crippen molar-refractivity contribution < 1.29 is 19.7 Å². The van der Waals surface area contributed by atoms with E-state index in [1.54, 1.807) is 0 Å². The van der Waals surface area contributed by atoms with Crippen LogP contribution in [-0.4, -0.2) is 46.8 Å². The Morgan fingerprint density at radius 3 is 1.75 bits per heavy atom. The van der Waals surface area contributed by atoms with E-state index in [1.165, 1.54) is 0 Å². The van der Waals surface area contributed by atoms with Crippen LogP contribution in [0.2, 0.25) is 0 Å². The van der Waals surface area contributed by atoms with Gasteiger partial charge < -0.3 is 19.7 Å². The van der Waals surface area contributed by atoms with Gasteiger partial charge in [0.25, 0.3) is 0 Å². The second-order valence-electron chi connectivity index (χ2n) is 3.88. The average molecular weight is 172 g/mol. The molecule has 5 heterocycles. The maximum atomic E-state index is 9.52. The van der Waals surface area contributed by atoms with Gasteiger partial charge in [-0.1, -0.05) is 0 Å². The summed E-state index contributed by atoms with van der Waals surface area (Å²) in [5.74, 6) is 0. The Balaban J connectivity index is 1.92. The van der Waals surface area contributed by atoms with Gasteiger partial charge in [-0.2, -0.15) is 0 Å². The van der Waals surface area contributed by atoms with Crippen molar-refractivity contribution in [3.05, 3.63) is 0 Å². The van der Waals surface area contributed by atoms with Crippen LogP contribution < -0.4 is 0 Å². The van der Waals surface area contributed by atoms with Gasteiger partial charge in [-0.15, -0.1) is 0 Å². The quantitative estimate of drug-likeness (QED) is 0.494. The molecule has 5 aliphatic heterocycles. The van der Waals surface area contributed by atoms with Crippen molar-refractivity contribution >= 4 is 0 Å². The van der Waals surface area contributed by atoms with Crippen molar-refractivity contribution in [1.82, 2.24) is 0 Å². The zero-order chi connectivity index (χ0) is 8.29. The molecule has 0 saturated carbocycles. The number of ether oxygens (including phenoxy) is 2. The van der Waals surface area contributed by atoms with Crippen molar-refractivity contribution in [2.45, 2.75) is 49.5 Å². The smallest absolute Gasteiger partial charge is 0.110 e. The van der Waals surface area contributed by atoms with Crippen LogP contribution in [0.4, 0.5) is 0 Å². The average Bonchev–Trinajstić information content (AvgIpc) is 2.03. The molecule has 0 aromatic heterocycles. The van der Waals surface area contributed by atoms with Crippen molar-refractivity contribution in [2.24, 2.45) is 0 Å². The zero-order valence-electron chi connectivity index (χ0n) is 6.59. The first-order valence-electron chi connectivity index (χ1n) is 4.43. The van der Waals surface area contributed by atoms with Crippen LogP contribution in [0.25, 0.3) is 0 Å². The first kappa shape index (κ1) is 7.26. The molecule has 4 bridgehead atoms. The van der Waals surface area contributed by atoms with E-state index >= 15 is 0 Å². The Hall–Kier alpha value is -0.160. The van der Waals surface area contributed by atoms with Crippen LogP contribution in [0.1, 0.15) is 12.8 Å². The Bertz CT molecular complexity index is 183. The van der Waals surface area contributed by atoms with Crippen molar-refractivity contribution in [1.29, 1.82) is 0 Å². The summed E-state index contributed by atoms with van der Waals surface area (Å²) in [6.45, 7) is 0. The lowest BCUT2D eigenvalue weighted by Gasteiger charge is -2.55. The van der Waals surface area contributed by atoms with E-state index in [1.807, 2.05) is 0 Å². The fourth-order valence-corrected chi connectivity index (χ4v) is 2.54. The Morgan fingerprint density at radius 2 is 1.33 bits per heavy atom. The third-order valence-electron chi connectivity index (χ3n) is 3.10. The van der Waals surface area contributed by atoms with Gasteiger partial charge in [-0.3, -0.25) is 0 Å². The van der Waals surface area contributed by atoms with Crippen LogP contribution in [-0.2, 0) is 9.47 Å². The summed E-state index contributed by atoms with van der Waals surface area (Å²) in [5.41, 5.74) is 0. The first-order valence-corrected chi connectivity index (χ1v) is 4.43. The number of fused-ring (bicyclic) bond motifs is 2. The highest BCUT2D eigenvalue weighted by Crippen LogP contribution is 2.41. The third-order valence-corrected chi connectivity index (χ3v) is 3.10. The highest BCUT2D eigenvalue weighted by atomic mass is 16.6. The minimum Gasteiger partial charge on any atom is -0.390 e. The Kier molecular flexibility index (Phi) is 1.33. The van der Waals surface area contributed by atoms with Crippen LogP contribution in [0, 0.1) is 0 Å². The van der Waals surface area contributed by atoms with E-state index < -0.39 is 12.2 Å². The lowest BCUT2D eigenvalue weighted by molar-refractivity contribution is -0.339. The molecule has 4 unspecified atom stereocenters. The molecule has 0 amide bonds. The molecule has 68 valence electrons. The lowest BCUT2D eigenvalue weighted by atomic mass is 9.80. The minimum atomic E-state index is -0.391. The molecule has 0 radical (unpaired) electrons. The molecule has 2 N–H and O–H groups in total. The summed E-state index contributed by atoms with van der Waals surface area (Å²) < 4.78 is 11.1. The van der Waals surface area contributed by atoms with E-state index in [4.69, 9.17) is 9.47 Å². The first-order chi connectivity index (χ1) is 5.75. The normalized spacial score (nSPS) is 62.5.